The summed E-state index contributed by atoms with van der Waals surface area (Å²) in [7, 11) is 1.62. The molecule has 4 nitrogen and oxygen atoms in total. The quantitative estimate of drug-likeness (QED) is 0.398. The third-order valence-corrected chi connectivity index (χ3v) is 5.69. The lowest BCUT2D eigenvalue weighted by molar-refractivity contribution is -0.115. The number of rotatable bonds is 6. The van der Waals surface area contributed by atoms with Gasteiger partial charge in [-0.25, -0.2) is 4.98 Å². The third kappa shape index (κ3) is 6.14. The Bertz CT molecular complexity index is 907. The number of methoxy groups -OCH3 is 1. The fourth-order valence-electron chi connectivity index (χ4n) is 2.34. The van der Waals surface area contributed by atoms with Crippen molar-refractivity contribution in [2.24, 2.45) is 0 Å². The van der Waals surface area contributed by atoms with E-state index in [1.807, 2.05) is 42.5 Å². The Morgan fingerprint density at radius 2 is 1.79 bits per heavy atom. The number of ether oxygens (including phenoxy) is 1. The molecule has 0 aliphatic heterocycles. The molecule has 0 saturated carbocycles. The largest absolute Gasteiger partial charge is 0.497 e. The van der Waals surface area contributed by atoms with Crippen LogP contribution in [0.3, 0.4) is 0 Å². The summed E-state index contributed by atoms with van der Waals surface area (Å²) in [4.78, 5) is 18.1. The van der Waals surface area contributed by atoms with Crippen molar-refractivity contribution in [1.29, 1.82) is 0 Å². The molecular formula is C20H17BrCl2N2O2S. The van der Waals surface area contributed by atoms with Crippen molar-refractivity contribution < 1.29 is 9.53 Å². The van der Waals surface area contributed by atoms with Crippen molar-refractivity contribution in [3.63, 3.8) is 0 Å². The molecule has 1 heterocycles. The van der Waals surface area contributed by atoms with Gasteiger partial charge in [-0.15, -0.1) is 24.2 Å². The van der Waals surface area contributed by atoms with Crippen molar-refractivity contribution in [3.8, 4) is 5.75 Å². The zero-order chi connectivity index (χ0) is 19.2. The maximum Gasteiger partial charge on any atom is 0.243 e. The molecule has 0 aliphatic rings. The van der Waals surface area contributed by atoms with E-state index in [0.717, 1.165) is 20.7 Å². The second kappa shape index (κ2) is 10.7. The molecule has 1 aromatic heterocycles. The first-order chi connectivity index (χ1) is 13.0. The highest BCUT2D eigenvalue weighted by molar-refractivity contribution is 9.10. The molecule has 2 aromatic carbocycles. The first kappa shape index (κ1) is 22.6. The number of halogens is 3. The molecule has 1 amide bonds. The van der Waals surface area contributed by atoms with Crippen LogP contribution in [0.2, 0.25) is 5.02 Å². The van der Waals surface area contributed by atoms with Gasteiger partial charge in [-0.2, -0.15) is 0 Å². The van der Waals surface area contributed by atoms with E-state index in [2.05, 4.69) is 26.2 Å². The highest BCUT2D eigenvalue weighted by Gasteiger charge is 2.22. The number of thioether (sulfide) groups is 1. The number of aromatic nitrogens is 1. The monoisotopic (exact) mass is 498 g/mol. The lowest BCUT2D eigenvalue weighted by atomic mass is 10.1. The van der Waals surface area contributed by atoms with Crippen molar-refractivity contribution in [2.45, 2.75) is 10.1 Å². The van der Waals surface area contributed by atoms with E-state index in [4.69, 9.17) is 16.3 Å². The Balaban J connectivity index is 0.00000280. The molecule has 0 saturated heterocycles. The van der Waals surface area contributed by atoms with Crippen LogP contribution in [0, 0.1) is 0 Å². The Labute approximate surface area is 187 Å². The van der Waals surface area contributed by atoms with E-state index in [1.54, 1.807) is 31.5 Å². The van der Waals surface area contributed by atoms with Crippen molar-refractivity contribution >= 4 is 63.4 Å². The smallest absolute Gasteiger partial charge is 0.243 e. The molecule has 0 bridgehead atoms. The second-order valence-electron chi connectivity index (χ2n) is 5.58. The number of hydrogen-bond donors (Lipinski definition) is 1. The molecule has 1 N–H and O–H groups in total. The number of benzene rings is 2. The minimum Gasteiger partial charge on any atom is -0.497 e. The van der Waals surface area contributed by atoms with Gasteiger partial charge < -0.3 is 10.1 Å². The molecule has 0 spiro atoms. The van der Waals surface area contributed by atoms with Gasteiger partial charge in [0.1, 0.15) is 16.8 Å². The maximum atomic E-state index is 13.0. The summed E-state index contributed by atoms with van der Waals surface area (Å²) < 4.78 is 6.04. The first-order valence-corrected chi connectivity index (χ1v) is 10.1. The molecule has 8 heteroatoms. The molecule has 1 unspecified atom stereocenters. The highest BCUT2D eigenvalue weighted by Crippen LogP contribution is 2.37. The molecule has 0 radical (unpaired) electrons. The van der Waals surface area contributed by atoms with E-state index < -0.39 is 5.25 Å². The number of carbonyl (C=O) groups is 1. The normalized spacial score (nSPS) is 11.2. The minimum atomic E-state index is -0.457. The van der Waals surface area contributed by atoms with Gasteiger partial charge in [-0.05, 0) is 70.0 Å². The zero-order valence-electron chi connectivity index (χ0n) is 14.8. The van der Waals surface area contributed by atoms with Crippen LogP contribution in [-0.2, 0) is 4.79 Å². The number of nitrogens with zero attached hydrogens (tertiary/aromatic N) is 1. The summed E-state index contributed by atoms with van der Waals surface area (Å²) in [5.41, 5.74) is 0.856. The highest BCUT2D eigenvalue weighted by atomic mass is 79.9. The van der Waals surface area contributed by atoms with Crippen LogP contribution in [0.4, 0.5) is 5.82 Å². The topological polar surface area (TPSA) is 51.2 Å². The third-order valence-electron chi connectivity index (χ3n) is 3.70. The Morgan fingerprint density at radius 1 is 1.11 bits per heavy atom. The summed E-state index contributed by atoms with van der Waals surface area (Å²) in [6.07, 6.45) is 1.64. The number of pyridine rings is 1. The summed E-state index contributed by atoms with van der Waals surface area (Å²) in [5.74, 6) is 1.11. The van der Waals surface area contributed by atoms with Crippen LogP contribution in [0.15, 0.2) is 76.2 Å². The van der Waals surface area contributed by atoms with E-state index >= 15 is 0 Å². The van der Waals surface area contributed by atoms with Gasteiger partial charge in [-0.3, -0.25) is 4.79 Å². The maximum absolute atomic E-state index is 13.0. The molecule has 3 aromatic rings. The summed E-state index contributed by atoms with van der Waals surface area (Å²) in [6, 6.07) is 18.5. The summed E-state index contributed by atoms with van der Waals surface area (Å²) in [5, 5.41) is 3.05. The molecule has 3 rings (SSSR count). The second-order valence-corrected chi connectivity index (χ2v) is 8.11. The van der Waals surface area contributed by atoms with Gasteiger partial charge in [0.15, 0.2) is 0 Å². The Kier molecular flexibility index (Phi) is 8.63. The summed E-state index contributed by atoms with van der Waals surface area (Å²) >= 11 is 10.8. The number of anilines is 1. The van der Waals surface area contributed by atoms with Crippen LogP contribution in [0.5, 0.6) is 5.75 Å². The van der Waals surface area contributed by atoms with E-state index in [0.29, 0.717) is 10.8 Å². The standard InChI is InChI=1S/C20H16BrClN2O2S.ClH/c1-26-16-7-9-17(10-8-16)27-19(13-2-5-15(22)6-3-13)20(25)24-18-11-4-14(21)12-23-18;/h2-12,19H,1H3,(H,23,24,25);1H. The van der Waals surface area contributed by atoms with Crippen molar-refractivity contribution in [1.82, 2.24) is 4.98 Å². The van der Waals surface area contributed by atoms with Gasteiger partial charge in [0, 0.05) is 20.6 Å². The van der Waals surface area contributed by atoms with Crippen LogP contribution in [0.1, 0.15) is 10.8 Å². The summed E-state index contributed by atoms with van der Waals surface area (Å²) in [6.45, 7) is 0. The van der Waals surface area contributed by atoms with E-state index in [-0.39, 0.29) is 18.3 Å². The molecule has 1 atom stereocenters. The van der Waals surface area contributed by atoms with Crippen LogP contribution in [-0.4, -0.2) is 18.0 Å². The first-order valence-electron chi connectivity index (χ1n) is 8.04. The zero-order valence-corrected chi connectivity index (χ0v) is 18.7. The van der Waals surface area contributed by atoms with Gasteiger partial charge in [-0.1, -0.05) is 23.7 Å². The molecule has 146 valence electrons. The van der Waals surface area contributed by atoms with Gasteiger partial charge in [0.25, 0.3) is 0 Å². The molecular weight excluding hydrogens is 483 g/mol. The fraction of sp³-hybridized carbons (Fsp3) is 0.100. The Morgan fingerprint density at radius 3 is 2.36 bits per heavy atom. The predicted molar refractivity (Wildman–Crippen MR) is 121 cm³/mol. The van der Waals surface area contributed by atoms with Gasteiger partial charge in [0.05, 0.1) is 7.11 Å². The molecule has 0 aliphatic carbocycles. The fourth-order valence-corrected chi connectivity index (χ4v) is 3.73. The SMILES string of the molecule is COc1ccc(SC(C(=O)Nc2ccc(Br)cn2)c2ccc(Cl)cc2)cc1.Cl. The van der Waals surface area contributed by atoms with E-state index in [9.17, 15) is 4.79 Å². The lowest BCUT2D eigenvalue weighted by Gasteiger charge is -2.17. The van der Waals surface area contributed by atoms with Crippen LogP contribution >= 0.6 is 51.7 Å². The van der Waals surface area contributed by atoms with Gasteiger partial charge >= 0.3 is 0 Å². The van der Waals surface area contributed by atoms with Crippen LogP contribution in [0.25, 0.3) is 0 Å². The number of carbonyl (C=O) groups excluding carboxylic acids is 1. The minimum absolute atomic E-state index is 0. The number of hydrogen-bond acceptors (Lipinski definition) is 4. The van der Waals surface area contributed by atoms with Crippen molar-refractivity contribution in [3.05, 3.63) is 81.9 Å². The van der Waals surface area contributed by atoms with Crippen LogP contribution < -0.4 is 10.1 Å². The van der Waals surface area contributed by atoms with Crippen molar-refractivity contribution in [2.75, 3.05) is 12.4 Å². The predicted octanol–water partition coefficient (Wildman–Crippen LogP) is 6.40. The van der Waals surface area contributed by atoms with Gasteiger partial charge in [0.2, 0.25) is 5.91 Å². The molecule has 0 fully saturated rings. The average molecular weight is 500 g/mol. The Hall–Kier alpha value is -1.73. The van der Waals surface area contributed by atoms with E-state index in [1.165, 1.54) is 11.8 Å². The average Bonchev–Trinajstić information content (AvgIpc) is 2.69. The number of nitrogens with one attached hydrogen (secondary N) is 1. The lowest BCUT2D eigenvalue weighted by Crippen LogP contribution is -2.19. The number of amides is 1. The molecule has 28 heavy (non-hydrogen) atoms.